The van der Waals surface area contributed by atoms with Gasteiger partial charge in [0.25, 0.3) is 0 Å². The number of hydrogen-bond acceptors (Lipinski definition) is 22. The molecule has 0 bridgehead atoms. The number of phenolic OH excluding ortho intramolecular Hbond substituents is 1. The van der Waals surface area contributed by atoms with E-state index in [1.165, 1.54) is 79.6 Å². The van der Waals surface area contributed by atoms with Crippen molar-refractivity contribution in [2.75, 3.05) is 72.0 Å². The first-order valence-electron chi connectivity index (χ1n) is 45.6. The molecular weight excluding hydrogens is 1750 g/mol. The molecule has 9 rings (SSSR count). The van der Waals surface area contributed by atoms with Crippen molar-refractivity contribution in [1.29, 1.82) is 5.41 Å². The number of rotatable bonds is 26. The molecule has 3 aliphatic heterocycles. The van der Waals surface area contributed by atoms with Gasteiger partial charge in [0.2, 0.25) is 94.5 Å². The summed E-state index contributed by atoms with van der Waals surface area (Å²) in [5.74, 6) is -15.4. The number of phenols is 1. The molecule has 43 heteroatoms. The maximum absolute atomic E-state index is 15.8. The van der Waals surface area contributed by atoms with Crippen molar-refractivity contribution in [2.24, 2.45) is 23.1 Å². The summed E-state index contributed by atoms with van der Waals surface area (Å²) in [6.07, 6.45) is 7.41. The van der Waals surface area contributed by atoms with Crippen molar-refractivity contribution in [3.8, 4) is 5.75 Å². The Morgan fingerprint density at radius 2 is 1.04 bits per heavy atom. The van der Waals surface area contributed by atoms with Gasteiger partial charge < -0.3 is 125 Å². The first-order chi connectivity index (χ1) is 64.0. The van der Waals surface area contributed by atoms with Crippen LogP contribution in [-0.2, 0) is 102 Å². The highest BCUT2D eigenvalue weighted by Crippen LogP contribution is 2.28. The monoisotopic (exact) mass is 1880 g/mol. The molecule has 6 aromatic rings. The number of aliphatic hydroxyl groups excluding tert-OH is 1. The standard InChI is InChI=1S/C91H130N24O18S/c1-9-11-25-71-83(126)103-62(24-17-35-97-91(94)95)79(122)110-70(78(121)100-46-75(93)118)48-134-49-76(119)102-67(39-53-29-31-57(117)32-30-53)86(129)111(6)52(5)77(120)104-63(33-34-92)88(131)114-36-18-27-72(114)85(128)106-65(42-56-45-96-50-101-56)81(124)107-66(38-51(3)4)89(132)115-37-19-28-73(115)84(127)105-64(40-54-43-98-60-22-15-13-20-58(54)60)80(123)109-69(47-116)82(125)108-68(41-55-44-99-61-23-16-14-21-59(55)61)87(130)113(8)74(26-12-10-2)90(133)112(71)7/h13-16,20-23,29-32,43-45,50-52,62-74,98-99,116-117H,9-12,17-19,24-28,33-42,46-49,92H2,1-8H3,(H2,93,118)(H,96,101)(H,100,121)(H,102,119)(H,103,126)(H,104,120)(H,105,127)(H,106,128)(H,107,124)(H,108,125)(H,109,123)(H,110,122)(H4,94,95,97)/t52-,62-,63-,64-,65-,66-,67-,68-,69-,70-,71-,72-,73-,74-/m0/s1. The van der Waals surface area contributed by atoms with Gasteiger partial charge in [-0.15, -0.1) is 11.8 Å². The first-order valence-corrected chi connectivity index (χ1v) is 46.7. The minimum Gasteiger partial charge on any atom is -0.508 e. The smallest absolute Gasteiger partial charge is 0.245 e. The Morgan fingerprint density at radius 1 is 0.537 bits per heavy atom. The molecule has 3 aliphatic rings. The summed E-state index contributed by atoms with van der Waals surface area (Å²) in [5, 5.41) is 60.4. The Bertz CT molecular complexity index is 5110. The number of carbonyl (C=O) groups is 16. The van der Waals surface area contributed by atoms with E-state index in [4.69, 9.17) is 22.6 Å². The van der Waals surface area contributed by atoms with Gasteiger partial charge in [-0.3, -0.25) is 82.1 Å². The van der Waals surface area contributed by atoms with Crippen molar-refractivity contribution < 1.29 is 86.9 Å². The number of carbonyl (C=O) groups excluding carboxylic acids is 16. The predicted molar refractivity (Wildman–Crippen MR) is 498 cm³/mol. The van der Waals surface area contributed by atoms with Gasteiger partial charge in [-0.2, -0.15) is 0 Å². The van der Waals surface area contributed by atoms with Crippen LogP contribution in [0.25, 0.3) is 21.8 Å². The highest BCUT2D eigenvalue weighted by Gasteiger charge is 2.45. The molecule has 0 spiro atoms. The molecule has 14 atom stereocenters. The van der Waals surface area contributed by atoms with Gasteiger partial charge >= 0.3 is 0 Å². The summed E-state index contributed by atoms with van der Waals surface area (Å²) in [4.78, 5) is 257. The molecule has 16 amide bonds. The summed E-state index contributed by atoms with van der Waals surface area (Å²) in [5.41, 5.74) is 20.4. The molecule has 0 radical (unpaired) electrons. The Labute approximate surface area is 781 Å². The van der Waals surface area contributed by atoms with Crippen LogP contribution in [0.1, 0.15) is 147 Å². The lowest BCUT2D eigenvalue weighted by Gasteiger charge is -2.36. The quantitative estimate of drug-likeness (QED) is 0.0168. The van der Waals surface area contributed by atoms with Crippen molar-refractivity contribution in [1.82, 2.24) is 103 Å². The number of primary amides is 1. The van der Waals surface area contributed by atoms with Gasteiger partial charge in [0, 0.05) is 113 Å². The lowest BCUT2D eigenvalue weighted by Crippen LogP contribution is -2.62. The highest BCUT2D eigenvalue weighted by atomic mass is 32.2. The molecule has 3 aromatic carbocycles. The molecular formula is C91H130N24O18S. The first kappa shape index (κ1) is 105. The zero-order chi connectivity index (χ0) is 97.6. The minimum atomic E-state index is -1.84. The van der Waals surface area contributed by atoms with Crippen LogP contribution >= 0.6 is 11.8 Å². The number of H-pyrrole nitrogens is 3. The molecule has 0 aliphatic carbocycles. The number of hydrogen-bond donors (Lipinski definition) is 20. The van der Waals surface area contributed by atoms with Gasteiger partial charge in [-0.1, -0.05) is 102 Å². The van der Waals surface area contributed by atoms with E-state index in [1.54, 1.807) is 60.9 Å². The van der Waals surface area contributed by atoms with Crippen molar-refractivity contribution >= 4 is 134 Å². The van der Waals surface area contributed by atoms with E-state index in [0.717, 1.165) is 21.6 Å². The zero-order valence-corrected chi connectivity index (χ0v) is 77.8. The van der Waals surface area contributed by atoms with Gasteiger partial charge in [-0.05, 0) is 125 Å². The number of nitrogens with zero attached hydrogens (tertiary/aromatic N) is 6. The van der Waals surface area contributed by atoms with Crippen LogP contribution in [0.3, 0.4) is 0 Å². The van der Waals surface area contributed by atoms with Crippen molar-refractivity contribution in [3.05, 3.63) is 120 Å². The molecule has 3 aromatic heterocycles. The van der Waals surface area contributed by atoms with Crippen LogP contribution in [0, 0.1) is 11.3 Å². The second-order valence-corrected chi connectivity index (χ2v) is 35.7. The van der Waals surface area contributed by atoms with Crippen LogP contribution in [0.2, 0.25) is 0 Å². The number of imidazole rings is 1. The Kier molecular flexibility index (Phi) is 39.5. The van der Waals surface area contributed by atoms with Crippen LogP contribution in [-0.4, -0.2) is 312 Å². The Hall–Kier alpha value is -13.2. The molecule has 0 unspecified atom stereocenters. The van der Waals surface area contributed by atoms with Crippen LogP contribution in [0.5, 0.6) is 5.75 Å². The maximum Gasteiger partial charge on any atom is 0.245 e. The average molecular weight is 1880 g/mol. The number of amides is 16. The number of benzene rings is 3. The summed E-state index contributed by atoms with van der Waals surface area (Å²) in [6.45, 7) is 6.80. The topological polar surface area (TPSA) is 624 Å². The summed E-state index contributed by atoms with van der Waals surface area (Å²) >= 11 is 0.794. The number of likely N-dealkylation sites (N-methyl/N-ethyl adjacent to an activating group) is 3. The van der Waals surface area contributed by atoms with E-state index in [0.29, 0.717) is 76.3 Å². The average Bonchev–Trinajstić information content (AvgIpc) is 1.64. The maximum atomic E-state index is 15.8. The fraction of sp³-hybridized carbons (Fsp3) is 0.538. The number of thioether (sulfide) groups is 1. The second-order valence-electron chi connectivity index (χ2n) is 34.7. The fourth-order valence-electron chi connectivity index (χ4n) is 16.8. The molecule has 6 heterocycles. The largest absolute Gasteiger partial charge is 0.508 e. The minimum absolute atomic E-state index is 0.000681. The number of aromatic amines is 3. The van der Waals surface area contributed by atoms with Gasteiger partial charge in [0.1, 0.15) is 90.3 Å². The summed E-state index contributed by atoms with van der Waals surface area (Å²) in [7, 11) is 4.02. The van der Waals surface area contributed by atoms with Gasteiger partial charge in [0.15, 0.2) is 5.96 Å². The number of fused-ring (bicyclic) bond motifs is 4. The number of nitrogens with one attached hydrogen (secondary N) is 15. The number of aliphatic hydroxyl groups is 1. The molecule has 3 fully saturated rings. The summed E-state index contributed by atoms with van der Waals surface area (Å²) < 4.78 is 0. The second kappa shape index (κ2) is 50.6. The van der Waals surface area contributed by atoms with E-state index in [9.17, 15) is 48.6 Å². The number of para-hydroxylation sites is 2. The number of unbranched alkanes of at least 4 members (excludes halogenated alkanes) is 2. The van der Waals surface area contributed by atoms with Crippen LogP contribution in [0.4, 0.5) is 0 Å². The third-order valence-electron chi connectivity index (χ3n) is 24.3. The van der Waals surface area contributed by atoms with E-state index in [1.807, 2.05) is 27.7 Å². The van der Waals surface area contributed by atoms with E-state index in [-0.39, 0.29) is 121 Å². The van der Waals surface area contributed by atoms with E-state index >= 15 is 38.4 Å². The normalized spacial score (nSPS) is 24.3. The predicted octanol–water partition coefficient (Wildman–Crippen LogP) is -1.43. The molecule has 728 valence electrons. The third-order valence-corrected chi connectivity index (χ3v) is 25.4. The molecule has 3 saturated heterocycles. The van der Waals surface area contributed by atoms with Crippen LogP contribution in [0.15, 0.2) is 97.7 Å². The summed E-state index contributed by atoms with van der Waals surface area (Å²) in [6, 6.07) is -0.336. The molecule has 42 nitrogen and oxygen atoms in total. The number of aromatic nitrogens is 4. The number of guanidine groups is 1. The number of aromatic hydroxyl groups is 1. The lowest BCUT2D eigenvalue weighted by molar-refractivity contribution is -0.149. The SMILES string of the molecule is CCCC[C@H]1C(=O)N(C)[C@@H](CCCC)C(=O)N[C@@H](CCCNC(=N)N)C(=O)N[C@H](C(=O)NCC(N)=O)CSCC(=O)N[C@@H](Cc2ccc(O)cc2)C(=O)N(C)[C@@H](C)C(=O)N[C@@H](CCN)C(=O)N2CCC[C@H]2C(=O)N[C@@H](Cc2c[nH]cn2)C(=O)N[C@@H](CC(C)C)C(=O)N2CCC[C@H]2C(=O)N[C@@H](Cc2c[nH]c3ccccc23)C(=O)N[C@@H](CO)C(=O)N[C@@H](Cc2c[nH]c3ccccc23)C(=O)N1C. The molecule has 134 heavy (non-hydrogen) atoms. The molecule has 0 saturated carbocycles. The van der Waals surface area contributed by atoms with Gasteiger partial charge in [0.05, 0.1) is 30.9 Å². The van der Waals surface area contributed by atoms with Crippen LogP contribution < -0.4 is 75.7 Å². The van der Waals surface area contributed by atoms with Gasteiger partial charge in [-0.25, -0.2) is 4.98 Å². The van der Waals surface area contributed by atoms with E-state index < -0.39 is 210 Å². The van der Waals surface area contributed by atoms with Crippen molar-refractivity contribution in [3.63, 3.8) is 0 Å². The molecule has 23 N–H and O–H groups in total. The highest BCUT2D eigenvalue weighted by molar-refractivity contribution is 8.00. The van der Waals surface area contributed by atoms with E-state index in [2.05, 4.69) is 78.4 Å². The Morgan fingerprint density at radius 3 is 1.60 bits per heavy atom. The third kappa shape index (κ3) is 28.9. The van der Waals surface area contributed by atoms with Crippen molar-refractivity contribution in [2.45, 2.75) is 235 Å². The number of nitrogens with two attached hydrogens (primary N) is 3. The zero-order valence-electron chi connectivity index (χ0n) is 77.0. The Balaban J connectivity index is 1.09. The fourth-order valence-corrected chi connectivity index (χ4v) is 17.7. The lowest BCUT2D eigenvalue weighted by atomic mass is 10.00.